The Morgan fingerprint density at radius 2 is 2.14 bits per heavy atom. The largest absolute Gasteiger partial charge is 0.379 e. The number of benzene rings is 1. The summed E-state index contributed by atoms with van der Waals surface area (Å²) in [5, 5.41) is 4.80. The third-order valence-corrected chi connectivity index (χ3v) is 5.73. The number of amides is 1. The van der Waals surface area contributed by atoms with Gasteiger partial charge in [0.2, 0.25) is 5.60 Å². The maximum Gasteiger partial charge on any atom is 0.269 e. The van der Waals surface area contributed by atoms with Gasteiger partial charge in [-0.3, -0.25) is 14.8 Å². The van der Waals surface area contributed by atoms with E-state index in [1.807, 2.05) is 36.1 Å². The molecule has 0 spiro atoms. The minimum atomic E-state index is -1.01. The number of oxime groups is 1. The molecular weight excluding hydrogens is 376 g/mol. The van der Waals surface area contributed by atoms with Crippen LogP contribution in [0, 0.1) is 6.92 Å². The lowest BCUT2D eigenvalue weighted by Gasteiger charge is -2.36. The van der Waals surface area contributed by atoms with E-state index in [1.165, 1.54) is 0 Å². The van der Waals surface area contributed by atoms with Gasteiger partial charge in [-0.1, -0.05) is 35.0 Å². The smallest absolute Gasteiger partial charge is 0.269 e. The van der Waals surface area contributed by atoms with Crippen LogP contribution in [0.25, 0.3) is 0 Å². The Morgan fingerprint density at radius 3 is 2.93 bits per heavy atom. The van der Waals surface area contributed by atoms with Crippen LogP contribution in [-0.2, 0) is 9.63 Å². The molecule has 146 valence electrons. The average molecular weight is 399 g/mol. The number of rotatable bonds is 3. The van der Waals surface area contributed by atoms with E-state index in [0.717, 1.165) is 36.3 Å². The molecule has 1 fully saturated rings. The molecule has 28 heavy (non-hydrogen) atoms. The molecule has 6 nitrogen and oxygen atoms in total. The number of piperidine rings is 1. The minimum absolute atomic E-state index is 0.0383. The Labute approximate surface area is 169 Å². The molecule has 0 bridgehead atoms. The number of halogens is 1. The molecule has 2 aliphatic heterocycles. The van der Waals surface area contributed by atoms with Gasteiger partial charge in [0.1, 0.15) is 0 Å². The lowest BCUT2D eigenvalue weighted by atomic mass is 9.90. The fraction of sp³-hybridized carbons (Fsp3) is 0.429. The van der Waals surface area contributed by atoms with Gasteiger partial charge in [0.05, 0.1) is 17.1 Å². The Hall–Kier alpha value is -2.47. The summed E-state index contributed by atoms with van der Waals surface area (Å²) >= 11 is 6.28. The topological polar surface area (TPSA) is 67.7 Å². The zero-order valence-electron chi connectivity index (χ0n) is 16.1. The van der Waals surface area contributed by atoms with E-state index < -0.39 is 5.60 Å². The highest BCUT2D eigenvalue weighted by atomic mass is 35.5. The van der Waals surface area contributed by atoms with Crippen molar-refractivity contribution in [3.05, 3.63) is 58.6 Å². The molecule has 4 rings (SSSR count). The second-order valence-corrected chi connectivity index (χ2v) is 8.10. The number of carbonyl (C=O) groups excluding carboxylic acids is 1. The Kier molecular flexibility index (Phi) is 5.06. The fourth-order valence-electron chi connectivity index (χ4n) is 3.91. The highest BCUT2D eigenvalue weighted by molar-refractivity contribution is 6.34. The first-order valence-corrected chi connectivity index (χ1v) is 9.92. The van der Waals surface area contributed by atoms with Gasteiger partial charge in [-0.2, -0.15) is 0 Å². The normalized spacial score (nSPS) is 24.6. The fourth-order valence-corrected chi connectivity index (χ4v) is 4.16. The van der Waals surface area contributed by atoms with Crippen molar-refractivity contribution >= 4 is 23.2 Å². The molecule has 7 heteroatoms. The number of carbonyl (C=O) groups is 1. The molecule has 1 amide bonds. The summed E-state index contributed by atoms with van der Waals surface area (Å²) in [4.78, 5) is 29.7. The summed E-state index contributed by atoms with van der Waals surface area (Å²) in [5.74, 6) is 0.155. The van der Waals surface area contributed by atoms with Crippen LogP contribution < -0.4 is 0 Å². The zero-order chi connectivity index (χ0) is 19.7. The summed E-state index contributed by atoms with van der Waals surface area (Å²) in [5.41, 5.74) is 2.36. The van der Waals surface area contributed by atoms with Gasteiger partial charge in [-0.05, 0) is 32.8 Å². The lowest BCUT2D eigenvalue weighted by molar-refractivity contribution is -0.154. The third kappa shape index (κ3) is 3.61. The van der Waals surface area contributed by atoms with Crippen LogP contribution in [0.3, 0.4) is 0 Å². The van der Waals surface area contributed by atoms with E-state index in [1.54, 1.807) is 19.3 Å². The maximum absolute atomic E-state index is 13.3. The first kappa shape index (κ1) is 18.9. The van der Waals surface area contributed by atoms with Gasteiger partial charge in [-0.15, -0.1) is 0 Å². The molecule has 0 unspecified atom stereocenters. The first-order valence-electron chi connectivity index (χ1n) is 9.54. The van der Waals surface area contributed by atoms with Crippen LogP contribution in [0.4, 0.5) is 0 Å². The van der Waals surface area contributed by atoms with Crippen LogP contribution in [0.1, 0.15) is 49.1 Å². The number of hydrogen-bond donors (Lipinski definition) is 0. The number of hydrogen-bond acceptors (Lipinski definition) is 5. The zero-order valence-corrected chi connectivity index (χ0v) is 16.8. The second-order valence-electron chi connectivity index (χ2n) is 7.69. The average Bonchev–Trinajstić information content (AvgIpc) is 3.11. The van der Waals surface area contributed by atoms with E-state index in [9.17, 15) is 4.79 Å². The third-order valence-electron chi connectivity index (χ3n) is 5.40. The first-order chi connectivity index (χ1) is 13.5. The molecule has 0 aliphatic carbocycles. The molecule has 2 atom stereocenters. The monoisotopic (exact) mass is 398 g/mol. The van der Waals surface area contributed by atoms with Crippen molar-refractivity contribution in [2.75, 3.05) is 13.1 Å². The van der Waals surface area contributed by atoms with Gasteiger partial charge >= 0.3 is 0 Å². The quantitative estimate of drug-likeness (QED) is 0.790. The molecule has 2 aliphatic rings. The molecule has 1 aromatic carbocycles. The highest BCUT2D eigenvalue weighted by Gasteiger charge is 2.46. The lowest BCUT2D eigenvalue weighted by Crippen LogP contribution is -2.50. The van der Waals surface area contributed by atoms with Crippen molar-refractivity contribution in [1.82, 2.24) is 14.9 Å². The number of aromatic nitrogens is 2. The Bertz CT molecular complexity index is 932. The molecular formula is C21H23ClN4O2. The van der Waals surface area contributed by atoms with Crippen LogP contribution >= 0.6 is 11.6 Å². The standard InChI is InChI=1S/C21H23ClN4O2/c1-14-11-23-12-19(24-14)15-6-5-9-26(13-15)20(27)21(2)10-18(25-28-21)16-7-3-4-8-17(16)22/h3-4,7-8,11-12,15H,5-6,9-10,13H2,1-2H3/t15-,21-/m0/s1. The van der Waals surface area contributed by atoms with Crippen molar-refractivity contribution in [2.45, 2.75) is 44.6 Å². The molecule has 1 aromatic heterocycles. The van der Waals surface area contributed by atoms with Gasteiger partial charge < -0.3 is 9.74 Å². The molecule has 0 N–H and O–H groups in total. The second kappa shape index (κ2) is 7.51. The van der Waals surface area contributed by atoms with Crippen LogP contribution in [-0.4, -0.2) is 45.2 Å². The van der Waals surface area contributed by atoms with Gasteiger partial charge in [0.15, 0.2) is 0 Å². The SMILES string of the molecule is Cc1cncc([C@H]2CCCN(C(=O)[C@]3(C)CC(c4ccccc4Cl)=NO3)C2)n1. The van der Waals surface area contributed by atoms with Crippen LogP contribution in [0.2, 0.25) is 5.02 Å². The summed E-state index contributed by atoms with van der Waals surface area (Å²) in [6.45, 7) is 5.08. The van der Waals surface area contributed by atoms with Gasteiger partial charge in [-0.25, -0.2) is 0 Å². The summed E-state index contributed by atoms with van der Waals surface area (Å²) in [6, 6.07) is 7.48. The summed E-state index contributed by atoms with van der Waals surface area (Å²) in [7, 11) is 0. The van der Waals surface area contributed by atoms with E-state index in [2.05, 4.69) is 15.1 Å². The number of nitrogens with zero attached hydrogens (tertiary/aromatic N) is 4. The van der Waals surface area contributed by atoms with E-state index in [4.69, 9.17) is 16.4 Å². The predicted molar refractivity (Wildman–Crippen MR) is 107 cm³/mol. The predicted octanol–water partition coefficient (Wildman–Crippen LogP) is 3.73. The molecule has 0 radical (unpaired) electrons. The van der Waals surface area contributed by atoms with Gasteiger partial charge in [0.25, 0.3) is 5.91 Å². The van der Waals surface area contributed by atoms with Crippen molar-refractivity contribution in [3.63, 3.8) is 0 Å². The van der Waals surface area contributed by atoms with Crippen molar-refractivity contribution in [3.8, 4) is 0 Å². The maximum atomic E-state index is 13.3. The minimum Gasteiger partial charge on any atom is -0.379 e. The molecule has 1 saturated heterocycles. The van der Waals surface area contributed by atoms with Crippen molar-refractivity contribution in [2.24, 2.45) is 5.16 Å². The number of likely N-dealkylation sites (tertiary alicyclic amines) is 1. The van der Waals surface area contributed by atoms with Gasteiger partial charge in [0, 0.05) is 48.4 Å². The van der Waals surface area contributed by atoms with Crippen molar-refractivity contribution < 1.29 is 9.63 Å². The summed E-state index contributed by atoms with van der Waals surface area (Å²) in [6.07, 6.45) is 5.89. The van der Waals surface area contributed by atoms with E-state index in [-0.39, 0.29) is 11.8 Å². The molecule has 0 saturated carbocycles. The summed E-state index contributed by atoms with van der Waals surface area (Å²) < 4.78 is 0. The highest BCUT2D eigenvalue weighted by Crippen LogP contribution is 2.33. The van der Waals surface area contributed by atoms with Crippen molar-refractivity contribution in [1.29, 1.82) is 0 Å². The van der Waals surface area contributed by atoms with Crippen LogP contribution in [0.5, 0.6) is 0 Å². The van der Waals surface area contributed by atoms with E-state index >= 15 is 0 Å². The number of aryl methyl sites for hydroxylation is 1. The Balaban J connectivity index is 1.48. The molecule has 3 heterocycles. The van der Waals surface area contributed by atoms with E-state index in [0.29, 0.717) is 23.7 Å². The Morgan fingerprint density at radius 1 is 1.32 bits per heavy atom. The molecule has 2 aromatic rings. The van der Waals surface area contributed by atoms with Crippen LogP contribution in [0.15, 0.2) is 41.8 Å².